The summed E-state index contributed by atoms with van der Waals surface area (Å²) < 4.78 is 5.46. The van der Waals surface area contributed by atoms with Gasteiger partial charge in [-0.05, 0) is 37.7 Å². The number of anilines is 1. The summed E-state index contributed by atoms with van der Waals surface area (Å²) in [6.07, 6.45) is 2.75. The van der Waals surface area contributed by atoms with E-state index in [1.807, 2.05) is 24.3 Å². The van der Waals surface area contributed by atoms with Gasteiger partial charge in [0, 0.05) is 17.8 Å². The lowest BCUT2D eigenvalue weighted by Gasteiger charge is -2.15. The minimum absolute atomic E-state index is 0.366. The van der Waals surface area contributed by atoms with Gasteiger partial charge in [0.15, 0.2) is 5.11 Å². The molecule has 0 heterocycles. The molecule has 3 nitrogen and oxygen atoms in total. The molecule has 0 spiro atoms. The van der Waals surface area contributed by atoms with E-state index in [0.29, 0.717) is 17.8 Å². The Labute approximate surface area is 114 Å². The van der Waals surface area contributed by atoms with Crippen molar-refractivity contribution in [2.75, 3.05) is 11.9 Å². The number of benzene rings is 1. The zero-order valence-electron chi connectivity index (χ0n) is 10.9. The van der Waals surface area contributed by atoms with Crippen molar-refractivity contribution in [2.24, 2.45) is 0 Å². The van der Waals surface area contributed by atoms with Gasteiger partial charge in [0.25, 0.3) is 0 Å². The van der Waals surface area contributed by atoms with Crippen LogP contribution in [-0.2, 0) is 0 Å². The molecule has 2 N–H and O–H groups in total. The highest BCUT2D eigenvalue weighted by molar-refractivity contribution is 7.80. The van der Waals surface area contributed by atoms with E-state index in [4.69, 9.17) is 17.0 Å². The lowest BCUT2D eigenvalue weighted by atomic mass is 10.3. The summed E-state index contributed by atoms with van der Waals surface area (Å²) in [7, 11) is 0. The van der Waals surface area contributed by atoms with Gasteiger partial charge in [-0.3, -0.25) is 0 Å². The summed E-state index contributed by atoms with van der Waals surface area (Å²) in [5.74, 6) is 0.797. The van der Waals surface area contributed by atoms with Crippen molar-refractivity contribution < 1.29 is 4.74 Å². The van der Waals surface area contributed by atoms with Gasteiger partial charge in [0.05, 0.1) is 0 Å². The standard InChI is InChI=1S/C14H20N2OS/c1-4-9-17-13-8-6-7-12(10-13)16-14(18)15-11(3)5-2/h4,6-8,10-11H,1,5,9H2,2-3H3,(H2,15,16,18). The van der Waals surface area contributed by atoms with Gasteiger partial charge in [-0.15, -0.1) is 0 Å². The third kappa shape index (κ3) is 5.19. The van der Waals surface area contributed by atoms with Crippen molar-refractivity contribution in [1.29, 1.82) is 0 Å². The van der Waals surface area contributed by atoms with Crippen molar-refractivity contribution in [1.82, 2.24) is 5.32 Å². The molecule has 0 bridgehead atoms. The van der Waals surface area contributed by atoms with E-state index in [9.17, 15) is 0 Å². The van der Waals surface area contributed by atoms with Crippen LogP contribution in [0.4, 0.5) is 5.69 Å². The fraction of sp³-hybridized carbons (Fsp3) is 0.357. The molecule has 0 saturated heterocycles. The molecule has 0 amide bonds. The molecule has 1 unspecified atom stereocenters. The molecule has 18 heavy (non-hydrogen) atoms. The normalized spacial score (nSPS) is 11.4. The summed E-state index contributed by atoms with van der Waals surface area (Å²) in [6.45, 7) is 8.33. The summed E-state index contributed by atoms with van der Waals surface area (Å²) in [5.41, 5.74) is 0.914. The quantitative estimate of drug-likeness (QED) is 0.610. The van der Waals surface area contributed by atoms with Gasteiger partial charge >= 0.3 is 0 Å². The highest BCUT2D eigenvalue weighted by Crippen LogP contribution is 2.17. The highest BCUT2D eigenvalue weighted by atomic mass is 32.1. The molecule has 98 valence electrons. The number of hydrogen-bond acceptors (Lipinski definition) is 2. The molecular formula is C14H20N2OS. The maximum atomic E-state index is 5.46. The summed E-state index contributed by atoms with van der Waals surface area (Å²) in [4.78, 5) is 0. The Bertz CT molecular complexity index is 407. The minimum Gasteiger partial charge on any atom is -0.489 e. The van der Waals surface area contributed by atoms with Crippen LogP contribution in [-0.4, -0.2) is 17.8 Å². The van der Waals surface area contributed by atoms with E-state index < -0.39 is 0 Å². The second kappa shape index (κ2) is 7.71. The molecule has 1 aromatic rings. The molecule has 0 radical (unpaired) electrons. The lowest BCUT2D eigenvalue weighted by Crippen LogP contribution is -2.35. The zero-order chi connectivity index (χ0) is 13.4. The van der Waals surface area contributed by atoms with Gasteiger partial charge in [0.2, 0.25) is 0 Å². The van der Waals surface area contributed by atoms with Crippen molar-refractivity contribution >= 4 is 23.0 Å². The van der Waals surface area contributed by atoms with Crippen LogP contribution >= 0.6 is 12.2 Å². The van der Waals surface area contributed by atoms with Crippen LogP contribution in [0.3, 0.4) is 0 Å². The fourth-order valence-electron chi connectivity index (χ4n) is 1.31. The maximum absolute atomic E-state index is 5.46. The van der Waals surface area contributed by atoms with E-state index in [1.54, 1.807) is 6.08 Å². The Morgan fingerprint density at radius 2 is 2.33 bits per heavy atom. The largest absolute Gasteiger partial charge is 0.489 e. The average Bonchev–Trinajstić information content (AvgIpc) is 2.36. The Balaban J connectivity index is 2.55. The number of thiocarbonyl (C=S) groups is 1. The molecule has 0 fully saturated rings. The smallest absolute Gasteiger partial charge is 0.170 e. The van der Waals surface area contributed by atoms with E-state index in [1.165, 1.54) is 0 Å². The molecule has 0 aliphatic carbocycles. The lowest BCUT2D eigenvalue weighted by molar-refractivity contribution is 0.363. The number of ether oxygens (including phenoxy) is 1. The Morgan fingerprint density at radius 1 is 1.56 bits per heavy atom. The van der Waals surface area contributed by atoms with Gasteiger partial charge in [-0.25, -0.2) is 0 Å². The Hall–Kier alpha value is -1.55. The van der Waals surface area contributed by atoms with Crippen LogP contribution in [0.15, 0.2) is 36.9 Å². The molecular weight excluding hydrogens is 244 g/mol. The molecule has 0 aliphatic heterocycles. The van der Waals surface area contributed by atoms with Gasteiger partial charge in [0.1, 0.15) is 12.4 Å². The second-order valence-electron chi connectivity index (χ2n) is 4.04. The van der Waals surface area contributed by atoms with Gasteiger partial charge in [-0.1, -0.05) is 25.6 Å². The monoisotopic (exact) mass is 264 g/mol. The van der Waals surface area contributed by atoms with Gasteiger partial charge in [-0.2, -0.15) is 0 Å². The highest BCUT2D eigenvalue weighted by Gasteiger charge is 2.02. The first-order valence-corrected chi connectivity index (χ1v) is 6.47. The summed E-state index contributed by atoms with van der Waals surface area (Å²) >= 11 is 5.23. The van der Waals surface area contributed by atoms with Crippen LogP contribution in [0.25, 0.3) is 0 Å². The third-order valence-electron chi connectivity index (χ3n) is 2.45. The topological polar surface area (TPSA) is 33.3 Å². The molecule has 1 atom stereocenters. The molecule has 4 heteroatoms. The van der Waals surface area contributed by atoms with Crippen LogP contribution in [0.5, 0.6) is 5.75 Å². The van der Waals surface area contributed by atoms with E-state index in [2.05, 4.69) is 31.1 Å². The molecule has 1 aromatic carbocycles. The van der Waals surface area contributed by atoms with Crippen LogP contribution in [0.2, 0.25) is 0 Å². The van der Waals surface area contributed by atoms with Crippen molar-refractivity contribution in [2.45, 2.75) is 26.3 Å². The van der Waals surface area contributed by atoms with Crippen LogP contribution in [0, 0.1) is 0 Å². The van der Waals surface area contributed by atoms with Crippen LogP contribution < -0.4 is 15.4 Å². The summed E-state index contributed by atoms with van der Waals surface area (Å²) in [5, 5.41) is 6.97. The van der Waals surface area contributed by atoms with Crippen LogP contribution in [0.1, 0.15) is 20.3 Å². The molecule has 0 saturated carbocycles. The van der Waals surface area contributed by atoms with E-state index in [-0.39, 0.29) is 0 Å². The predicted octanol–water partition coefficient (Wildman–Crippen LogP) is 3.34. The molecule has 1 rings (SSSR count). The number of hydrogen-bond donors (Lipinski definition) is 2. The van der Waals surface area contributed by atoms with E-state index >= 15 is 0 Å². The first-order valence-electron chi connectivity index (χ1n) is 6.07. The summed E-state index contributed by atoms with van der Waals surface area (Å²) in [6, 6.07) is 8.05. The maximum Gasteiger partial charge on any atom is 0.170 e. The molecule has 0 aromatic heterocycles. The predicted molar refractivity (Wildman–Crippen MR) is 81.2 cm³/mol. The van der Waals surface area contributed by atoms with Gasteiger partial charge < -0.3 is 15.4 Å². The van der Waals surface area contributed by atoms with Crippen molar-refractivity contribution in [3.05, 3.63) is 36.9 Å². The first-order chi connectivity index (χ1) is 8.65. The molecule has 0 aliphatic rings. The third-order valence-corrected chi connectivity index (χ3v) is 2.67. The number of nitrogens with one attached hydrogen (secondary N) is 2. The van der Waals surface area contributed by atoms with Crippen molar-refractivity contribution in [3.63, 3.8) is 0 Å². The fourth-order valence-corrected chi connectivity index (χ4v) is 1.63. The average molecular weight is 264 g/mol. The minimum atomic E-state index is 0.366. The van der Waals surface area contributed by atoms with Crippen molar-refractivity contribution in [3.8, 4) is 5.75 Å². The number of rotatable bonds is 6. The second-order valence-corrected chi connectivity index (χ2v) is 4.44. The first kappa shape index (κ1) is 14.5. The Morgan fingerprint density at radius 3 is 3.00 bits per heavy atom. The Kier molecular flexibility index (Phi) is 6.22. The SMILES string of the molecule is C=CCOc1cccc(NC(=S)NC(C)CC)c1. The zero-order valence-corrected chi connectivity index (χ0v) is 11.7. The van der Waals surface area contributed by atoms with E-state index in [0.717, 1.165) is 17.9 Å².